The molecular weight excluding hydrogens is 358 g/mol. The van der Waals surface area contributed by atoms with Crippen LogP contribution in [0.4, 0.5) is 5.82 Å². The number of hydrogen-bond donors (Lipinski definition) is 1. The molecule has 0 spiro atoms. The molecule has 1 N–H and O–H groups in total. The van der Waals surface area contributed by atoms with Gasteiger partial charge < -0.3 is 10.1 Å². The van der Waals surface area contributed by atoms with E-state index in [4.69, 9.17) is 16.3 Å². The molecule has 2 saturated carbocycles. The lowest BCUT2D eigenvalue weighted by Crippen LogP contribution is -2.21. The Hall–Kier alpha value is -1.92. The van der Waals surface area contributed by atoms with Gasteiger partial charge in [0.1, 0.15) is 16.7 Å². The summed E-state index contributed by atoms with van der Waals surface area (Å²) >= 11 is 8.10. The van der Waals surface area contributed by atoms with Crippen molar-refractivity contribution in [1.82, 2.24) is 9.97 Å². The van der Waals surface area contributed by atoms with Crippen LogP contribution in [0, 0.1) is 0 Å². The molecule has 0 aromatic carbocycles. The van der Waals surface area contributed by atoms with Crippen LogP contribution in [0.15, 0.2) is 23.6 Å². The molecule has 130 valence electrons. The smallest absolute Gasteiger partial charge is 0.358 e. The first-order chi connectivity index (χ1) is 12.1. The largest absolute Gasteiger partial charge is 0.464 e. The highest BCUT2D eigenvalue weighted by atomic mass is 35.5. The quantitative estimate of drug-likeness (QED) is 0.752. The number of halogens is 1. The van der Waals surface area contributed by atoms with Crippen molar-refractivity contribution in [2.24, 2.45) is 0 Å². The standard InChI is InChI=1S/C18H18ClN3O2S/c1-24-17(23)14-13(19)16(21-15(20-14)11-4-5-11)22-18(8-9-18)7-6-12-3-2-10-25-12/h2-3,6-7,10-11H,4-5,8-9H2,1H3,(H,20,21,22). The van der Waals surface area contributed by atoms with Crippen molar-refractivity contribution >= 4 is 40.8 Å². The number of ether oxygens (including phenoxy) is 1. The van der Waals surface area contributed by atoms with Gasteiger partial charge in [-0.15, -0.1) is 11.3 Å². The van der Waals surface area contributed by atoms with Crippen LogP contribution in [0.1, 0.15) is 52.8 Å². The van der Waals surface area contributed by atoms with Gasteiger partial charge in [-0.25, -0.2) is 14.8 Å². The van der Waals surface area contributed by atoms with Crippen LogP contribution in [0.25, 0.3) is 6.08 Å². The van der Waals surface area contributed by atoms with Gasteiger partial charge in [0, 0.05) is 10.8 Å². The van der Waals surface area contributed by atoms with Crippen LogP contribution in [-0.4, -0.2) is 28.6 Å². The van der Waals surface area contributed by atoms with Crippen LogP contribution in [0.3, 0.4) is 0 Å². The number of carbonyl (C=O) groups excluding carboxylic acids is 1. The maximum Gasteiger partial charge on any atom is 0.358 e. The zero-order chi connectivity index (χ0) is 17.4. The molecule has 2 aromatic heterocycles. The third-order valence-corrected chi connectivity index (χ3v) is 5.65. The van der Waals surface area contributed by atoms with E-state index in [0.29, 0.717) is 17.6 Å². The summed E-state index contributed by atoms with van der Waals surface area (Å²) in [6.07, 6.45) is 8.37. The molecule has 2 aliphatic carbocycles. The number of nitrogens with zero attached hydrogens (tertiary/aromatic N) is 2. The Morgan fingerprint density at radius 2 is 2.24 bits per heavy atom. The highest BCUT2D eigenvalue weighted by Gasteiger charge is 2.41. The van der Waals surface area contributed by atoms with Crippen LogP contribution >= 0.6 is 22.9 Å². The number of anilines is 1. The zero-order valence-electron chi connectivity index (χ0n) is 13.8. The van der Waals surface area contributed by atoms with E-state index in [2.05, 4.69) is 38.9 Å². The molecule has 0 aliphatic heterocycles. The molecule has 7 heteroatoms. The Bertz CT molecular complexity index is 827. The molecule has 0 atom stereocenters. The summed E-state index contributed by atoms with van der Waals surface area (Å²) < 4.78 is 4.82. The molecule has 2 aromatic rings. The SMILES string of the molecule is COC(=O)c1nc(C2CC2)nc(NC2(C=Cc3cccs3)CC2)c1Cl. The van der Waals surface area contributed by atoms with Crippen molar-refractivity contribution < 1.29 is 9.53 Å². The fraction of sp³-hybridized carbons (Fsp3) is 0.389. The highest BCUT2D eigenvalue weighted by Crippen LogP contribution is 2.44. The average molecular weight is 376 g/mol. The molecule has 2 aliphatic rings. The van der Waals surface area contributed by atoms with E-state index >= 15 is 0 Å². The second-order valence-corrected chi connectivity index (χ2v) is 7.85. The van der Waals surface area contributed by atoms with Crippen molar-refractivity contribution in [1.29, 1.82) is 0 Å². The number of esters is 1. The molecule has 0 saturated heterocycles. The minimum atomic E-state index is -0.531. The van der Waals surface area contributed by atoms with Crippen LogP contribution in [0.2, 0.25) is 5.02 Å². The molecule has 4 rings (SSSR count). The average Bonchev–Trinajstić information content (AvgIpc) is 3.54. The van der Waals surface area contributed by atoms with Crippen molar-refractivity contribution in [3.63, 3.8) is 0 Å². The van der Waals surface area contributed by atoms with Gasteiger partial charge in [0.05, 0.1) is 12.6 Å². The highest BCUT2D eigenvalue weighted by molar-refractivity contribution is 7.10. The molecule has 0 unspecified atom stereocenters. The number of aromatic nitrogens is 2. The van der Waals surface area contributed by atoms with E-state index in [0.717, 1.165) is 25.7 Å². The molecule has 5 nitrogen and oxygen atoms in total. The zero-order valence-corrected chi connectivity index (χ0v) is 15.4. The molecule has 0 radical (unpaired) electrons. The summed E-state index contributed by atoms with van der Waals surface area (Å²) in [5, 5.41) is 5.71. The first kappa shape index (κ1) is 16.5. The lowest BCUT2D eigenvalue weighted by atomic mass is 10.2. The monoisotopic (exact) mass is 375 g/mol. The van der Waals surface area contributed by atoms with Gasteiger partial charge in [0.25, 0.3) is 0 Å². The number of thiophene rings is 1. The Morgan fingerprint density at radius 3 is 2.84 bits per heavy atom. The first-order valence-corrected chi connectivity index (χ1v) is 9.53. The van der Waals surface area contributed by atoms with Gasteiger partial charge >= 0.3 is 5.97 Å². The molecule has 2 fully saturated rings. The van der Waals surface area contributed by atoms with Gasteiger partial charge in [-0.05, 0) is 43.2 Å². The Labute approximate surface area is 155 Å². The third kappa shape index (κ3) is 3.55. The number of hydrogen-bond acceptors (Lipinski definition) is 6. The molecular formula is C18H18ClN3O2S. The lowest BCUT2D eigenvalue weighted by molar-refractivity contribution is 0.0593. The molecule has 0 bridgehead atoms. The minimum Gasteiger partial charge on any atom is -0.464 e. The Morgan fingerprint density at radius 1 is 1.44 bits per heavy atom. The van der Waals surface area contributed by atoms with Gasteiger partial charge in [-0.2, -0.15) is 0 Å². The number of nitrogens with one attached hydrogen (secondary N) is 1. The van der Waals surface area contributed by atoms with E-state index < -0.39 is 5.97 Å². The fourth-order valence-corrected chi connectivity index (χ4v) is 3.46. The van der Waals surface area contributed by atoms with Gasteiger partial charge in [0.2, 0.25) is 0 Å². The molecule has 25 heavy (non-hydrogen) atoms. The van der Waals surface area contributed by atoms with E-state index in [9.17, 15) is 4.79 Å². The summed E-state index contributed by atoms with van der Waals surface area (Å²) in [7, 11) is 1.33. The molecule has 0 amide bonds. The van der Waals surface area contributed by atoms with Crippen molar-refractivity contribution in [3.8, 4) is 0 Å². The third-order valence-electron chi connectivity index (χ3n) is 4.46. The summed E-state index contributed by atoms with van der Waals surface area (Å²) in [4.78, 5) is 22.1. The summed E-state index contributed by atoms with van der Waals surface area (Å²) in [6, 6.07) is 4.11. The topological polar surface area (TPSA) is 64.1 Å². The van der Waals surface area contributed by atoms with Crippen molar-refractivity contribution in [2.75, 3.05) is 12.4 Å². The predicted molar refractivity (Wildman–Crippen MR) is 99.3 cm³/mol. The maximum absolute atomic E-state index is 12.0. The van der Waals surface area contributed by atoms with Crippen molar-refractivity contribution in [3.05, 3.63) is 45.0 Å². The van der Waals surface area contributed by atoms with Crippen LogP contribution in [0.5, 0.6) is 0 Å². The van der Waals surface area contributed by atoms with Crippen LogP contribution < -0.4 is 5.32 Å². The minimum absolute atomic E-state index is 0.140. The number of rotatable bonds is 6. The lowest BCUT2D eigenvalue weighted by Gasteiger charge is -2.17. The second-order valence-electron chi connectivity index (χ2n) is 6.49. The summed E-state index contributed by atoms with van der Waals surface area (Å²) in [5.74, 6) is 0.979. The Balaban J connectivity index is 1.63. The van der Waals surface area contributed by atoms with Gasteiger partial charge in [-0.1, -0.05) is 23.7 Å². The van der Waals surface area contributed by atoms with E-state index in [1.54, 1.807) is 11.3 Å². The maximum atomic E-state index is 12.0. The Kier molecular flexibility index (Phi) is 4.25. The van der Waals surface area contributed by atoms with Gasteiger partial charge in [0.15, 0.2) is 5.69 Å². The number of carbonyl (C=O) groups is 1. The summed E-state index contributed by atoms with van der Waals surface area (Å²) in [6.45, 7) is 0. The first-order valence-electron chi connectivity index (χ1n) is 8.27. The predicted octanol–water partition coefficient (Wildman–Crippen LogP) is 4.51. The van der Waals surface area contributed by atoms with E-state index in [1.165, 1.54) is 12.0 Å². The second kappa shape index (κ2) is 6.42. The van der Waals surface area contributed by atoms with Gasteiger partial charge in [-0.3, -0.25) is 0 Å². The fourth-order valence-electron chi connectivity index (χ4n) is 2.63. The van der Waals surface area contributed by atoms with Crippen LogP contribution in [-0.2, 0) is 4.74 Å². The van der Waals surface area contributed by atoms with E-state index in [-0.39, 0.29) is 16.3 Å². The normalized spacial score (nSPS) is 18.3. The summed E-state index contributed by atoms with van der Waals surface area (Å²) in [5.41, 5.74) is -0.0162. The van der Waals surface area contributed by atoms with E-state index in [1.807, 2.05) is 6.07 Å². The molecule has 2 heterocycles. The van der Waals surface area contributed by atoms with Crippen molar-refractivity contribution in [2.45, 2.75) is 37.1 Å². The number of methoxy groups -OCH3 is 1.